The summed E-state index contributed by atoms with van der Waals surface area (Å²) in [5.41, 5.74) is 2.28. The Morgan fingerprint density at radius 3 is 2.52 bits per heavy atom. The number of aryl methyl sites for hydroxylation is 1. The van der Waals surface area contributed by atoms with Crippen molar-refractivity contribution in [3.63, 3.8) is 0 Å². The second-order valence-corrected chi connectivity index (χ2v) is 8.74. The van der Waals surface area contributed by atoms with E-state index >= 15 is 0 Å². The van der Waals surface area contributed by atoms with E-state index in [0.717, 1.165) is 67.7 Å². The van der Waals surface area contributed by atoms with Crippen molar-refractivity contribution < 1.29 is 5.11 Å². The molecule has 2 aliphatic rings. The molecule has 29 heavy (non-hydrogen) atoms. The first-order valence-corrected chi connectivity index (χ1v) is 10.3. The van der Waals surface area contributed by atoms with Gasteiger partial charge in [0.2, 0.25) is 5.95 Å². The van der Waals surface area contributed by atoms with Crippen molar-refractivity contribution in [1.82, 2.24) is 19.9 Å². The summed E-state index contributed by atoms with van der Waals surface area (Å²) in [5.74, 6) is 2.65. The van der Waals surface area contributed by atoms with E-state index in [1.165, 1.54) is 0 Å². The Morgan fingerprint density at radius 1 is 1.10 bits per heavy atom. The smallest absolute Gasteiger partial charge is 0.227 e. The number of hydrogen-bond acceptors (Lipinski definition) is 8. The molecule has 8 heteroatoms. The van der Waals surface area contributed by atoms with Gasteiger partial charge in [-0.05, 0) is 38.5 Å². The molecule has 0 amide bonds. The van der Waals surface area contributed by atoms with Crippen LogP contribution >= 0.6 is 0 Å². The Kier molecular flexibility index (Phi) is 5.29. The van der Waals surface area contributed by atoms with Gasteiger partial charge in [0, 0.05) is 63.9 Å². The first-order chi connectivity index (χ1) is 13.9. The van der Waals surface area contributed by atoms with Crippen molar-refractivity contribution in [1.29, 1.82) is 0 Å². The number of anilines is 3. The maximum Gasteiger partial charge on any atom is 0.227 e. The van der Waals surface area contributed by atoms with E-state index < -0.39 is 0 Å². The zero-order valence-corrected chi connectivity index (χ0v) is 17.8. The van der Waals surface area contributed by atoms with E-state index in [-0.39, 0.29) is 11.5 Å². The molecule has 1 N–H and O–H groups in total. The van der Waals surface area contributed by atoms with Gasteiger partial charge in [0.15, 0.2) is 0 Å². The van der Waals surface area contributed by atoms with E-state index in [1.54, 1.807) is 18.6 Å². The van der Waals surface area contributed by atoms with E-state index in [4.69, 9.17) is 4.98 Å². The number of rotatable bonds is 3. The highest BCUT2D eigenvalue weighted by Gasteiger charge is 2.42. The molecule has 1 atom stereocenters. The Bertz CT molecular complexity index is 850. The van der Waals surface area contributed by atoms with Gasteiger partial charge in [0.05, 0.1) is 12.3 Å². The largest absolute Gasteiger partial charge is 0.391 e. The maximum absolute atomic E-state index is 10.6. The molecule has 156 valence electrons. The SMILES string of the molecule is Cc1nc(N(C)C)nc(N2CCC3(CC2)CC(O)CN(c2cnccn2)C3)c1C. The molecular weight excluding hydrogens is 366 g/mol. The Hall–Kier alpha value is -2.48. The second kappa shape index (κ2) is 7.74. The van der Waals surface area contributed by atoms with Crippen molar-refractivity contribution in [3.05, 3.63) is 29.8 Å². The lowest BCUT2D eigenvalue weighted by Crippen LogP contribution is -2.54. The topological polar surface area (TPSA) is 81.5 Å². The molecule has 8 nitrogen and oxygen atoms in total. The third kappa shape index (κ3) is 3.99. The predicted octanol–water partition coefficient (Wildman–Crippen LogP) is 1.81. The quantitative estimate of drug-likeness (QED) is 0.840. The fourth-order valence-corrected chi connectivity index (χ4v) is 4.64. The van der Waals surface area contributed by atoms with Crippen LogP contribution in [0.1, 0.15) is 30.5 Å². The molecule has 4 heterocycles. The van der Waals surface area contributed by atoms with Crippen LogP contribution in [0.15, 0.2) is 18.6 Å². The number of aliphatic hydroxyl groups is 1. The zero-order valence-electron chi connectivity index (χ0n) is 17.8. The van der Waals surface area contributed by atoms with Crippen LogP contribution in [0, 0.1) is 19.3 Å². The van der Waals surface area contributed by atoms with Crippen molar-refractivity contribution in [3.8, 4) is 0 Å². The number of hydrogen-bond donors (Lipinski definition) is 1. The average Bonchev–Trinajstić information content (AvgIpc) is 2.71. The van der Waals surface area contributed by atoms with Crippen LogP contribution in [0.4, 0.5) is 17.6 Å². The van der Waals surface area contributed by atoms with Crippen LogP contribution < -0.4 is 14.7 Å². The van der Waals surface area contributed by atoms with Crippen LogP contribution in [0.5, 0.6) is 0 Å². The first-order valence-electron chi connectivity index (χ1n) is 10.3. The van der Waals surface area contributed by atoms with Gasteiger partial charge >= 0.3 is 0 Å². The minimum absolute atomic E-state index is 0.103. The third-order valence-corrected chi connectivity index (χ3v) is 6.37. The summed E-state index contributed by atoms with van der Waals surface area (Å²) < 4.78 is 0. The standard InChI is InChI=1S/C21H31N7O/c1-15-16(2)24-20(26(3)4)25-19(15)27-9-5-21(6-10-27)11-17(29)13-28(14-21)18-12-22-7-8-23-18/h7-8,12,17,29H,5-6,9-11,13-14H2,1-4H3. The van der Waals surface area contributed by atoms with E-state index in [2.05, 4.69) is 38.6 Å². The Labute approximate surface area is 172 Å². The van der Waals surface area contributed by atoms with Crippen LogP contribution in [-0.2, 0) is 0 Å². The lowest BCUT2D eigenvalue weighted by atomic mass is 9.71. The van der Waals surface area contributed by atoms with Gasteiger partial charge in [-0.2, -0.15) is 4.98 Å². The van der Waals surface area contributed by atoms with Gasteiger partial charge in [0.25, 0.3) is 0 Å². The van der Waals surface area contributed by atoms with Gasteiger partial charge < -0.3 is 19.8 Å². The molecule has 0 saturated carbocycles. The lowest BCUT2D eigenvalue weighted by Gasteiger charge is -2.49. The van der Waals surface area contributed by atoms with Gasteiger partial charge in [0.1, 0.15) is 11.6 Å². The van der Waals surface area contributed by atoms with Crippen LogP contribution in [0.2, 0.25) is 0 Å². The molecule has 2 aromatic rings. The Morgan fingerprint density at radius 2 is 1.86 bits per heavy atom. The van der Waals surface area contributed by atoms with Crippen molar-refractivity contribution >= 4 is 17.6 Å². The number of aromatic nitrogens is 4. The zero-order chi connectivity index (χ0) is 20.6. The van der Waals surface area contributed by atoms with Gasteiger partial charge in [-0.3, -0.25) is 4.98 Å². The summed E-state index contributed by atoms with van der Waals surface area (Å²) in [4.78, 5) is 24.6. The van der Waals surface area contributed by atoms with E-state index in [9.17, 15) is 5.11 Å². The number of aliphatic hydroxyl groups excluding tert-OH is 1. The summed E-state index contributed by atoms with van der Waals surface area (Å²) >= 11 is 0. The van der Waals surface area contributed by atoms with Crippen molar-refractivity contribution in [2.24, 2.45) is 5.41 Å². The highest BCUT2D eigenvalue weighted by molar-refractivity contribution is 5.52. The molecule has 0 aromatic carbocycles. The Balaban J connectivity index is 1.52. The van der Waals surface area contributed by atoms with Crippen LogP contribution in [0.25, 0.3) is 0 Å². The highest BCUT2D eigenvalue weighted by Crippen LogP contribution is 2.42. The fraction of sp³-hybridized carbons (Fsp3) is 0.619. The van der Waals surface area contributed by atoms with E-state index in [1.807, 2.05) is 19.0 Å². The normalized spacial score (nSPS) is 21.5. The van der Waals surface area contributed by atoms with Gasteiger partial charge in [-0.25, -0.2) is 9.97 Å². The molecular formula is C21H31N7O. The van der Waals surface area contributed by atoms with Crippen LogP contribution in [0.3, 0.4) is 0 Å². The minimum atomic E-state index is -0.333. The summed E-state index contributed by atoms with van der Waals surface area (Å²) in [6.07, 6.45) is 7.77. The first kappa shape index (κ1) is 19.8. The monoisotopic (exact) mass is 397 g/mol. The summed E-state index contributed by atoms with van der Waals surface area (Å²) in [7, 11) is 3.95. The summed E-state index contributed by atoms with van der Waals surface area (Å²) in [6.45, 7) is 7.57. The average molecular weight is 398 g/mol. The molecule has 0 aliphatic carbocycles. The predicted molar refractivity (Wildman–Crippen MR) is 115 cm³/mol. The molecule has 0 radical (unpaired) electrons. The van der Waals surface area contributed by atoms with Crippen molar-refractivity contribution in [2.75, 3.05) is 55.0 Å². The molecule has 2 fully saturated rings. The number of piperidine rings is 2. The maximum atomic E-state index is 10.6. The van der Waals surface area contributed by atoms with E-state index in [0.29, 0.717) is 6.54 Å². The fourth-order valence-electron chi connectivity index (χ4n) is 4.64. The highest BCUT2D eigenvalue weighted by atomic mass is 16.3. The third-order valence-electron chi connectivity index (χ3n) is 6.37. The second-order valence-electron chi connectivity index (χ2n) is 8.74. The van der Waals surface area contributed by atoms with Gasteiger partial charge in [-0.1, -0.05) is 0 Å². The lowest BCUT2D eigenvalue weighted by molar-refractivity contribution is 0.0594. The summed E-state index contributed by atoms with van der Waals surface area (Å²) in [5, 5.41) is 10.6. The number of nitrogens with zero attached hydrogens (tertiary/aromatic N) is 7. The minimum Gasteiger partial charge on any atom is -0.391 e. The molecule has 4 rings (SSSR count). The molecule has 2 aromatic heterocycles. The van der Waals surface area contributed by atoms with Gasteiger partial charge in [-0.15, -0.1) is 0 Å². The van der Waals surface area contributed by atoms with Crippen LogP contribution in [-0.4, -0.2) is 71.4 Å². The molecule has 1 spiro atoms. The molecule has 1 unspecified atom stereocenters. The van der Waals surface area contributed by atoms with Crippen molar-refractivity contribution in [2.45, 2.75) is 39.2 Å². The molecule has 0 bridgehead atoms. The number of β-amino-alcohol motifs (C(OH)–C–C–N with tert-alkyl or cyclic N) is 1. The molecule has 2 saturated heterocycles. The molecule has 2 aliphatic heterocycles. The summed E-state index contributed by atoms with van der Waals surface area (Å²) in [6, 6.07) is 0.